The van der Waals surface area contributed by atoms with E-state index in [0.717, 1.165) is 10.9 Å². The number of fused-ring (bicyclic) bond motifs is 1. The number of hydrogen-bond acceptors (Lipinski definition) is 3. The zero-order chi connectivity index (χ0) is 14.8. The van der Waals surface area contributed by atoms with Gasteiger partial charge >= 0.3 is 5.69 Å². The Hall–Kier alpha value is -2.95. The second-order valence-electron chi connectivity index (χ2n) is 4.70. The number of amides is 1. The molecule has 0 atom stereocenters. The van der Waals surface area contributed by atoms with Crippen molar-refractivity contribution in [1.29, 1.82) is 0 Å². The minimum absolute atomic E-state index is 0.145. The first-order valence-corrected chi connectivity index (χ1v) is 6.50. The van der Waals surface area contributed by atoms with Gasteiger partial charge in [0.2, 0.25) is 5.91 Å². The highest BCUT2D eigenvalue weighted by molar-refractivity contribution is 5.97. The summed E-state index contributed by atoms with van der Waals surface area (Å²) in [7, 11) is 0. The zero-order valence-electron chi connectivity index (χ0n) is 11.4. The topological polar surface area (TPSA) is 74.8 Å². The molecule has 5 nitrogen and oxygen atoms in total. The van der Waals surface area contributed by atoms with Gasteiger partial charge in [0.15, 0.2) is 0 Å². The largest absolute Gasteiger partial charge is 0.345 e. The van der Waals surface area contributed by atoms with Crippen molar-refractivity contribution in [2.24, 2.45) is 0 Å². The summed E-state index contributed by atoms with van der Waals surface area (Å²) < 4.78 is 0. The number of aromatic amines is 1. The Kier molecular flexibility index (Phi) is 3.23. The number of carbonyl (C=O) groups is 1. The van der Waals surface area contributed by atoms with Gasteiger partial charge in [-0.25, -0.2) is 4.79 Å². The fraction of sp³-hybridized carbons (Fsp3) is 0.0625. The van der Waals surface area contributed by atoms with Gasteiger partial charge in [-0.1, -0.05) is 30.3 Å². The van der Waals surface area contributed by atoms with Crippen LogP contribution in [0.2, 0.25) is 0 Å². The number of H-pyrrole nitrogens is 1. The molecular weight excluding hydrogens is 266 g/mol. The highest BCUT2D eigenvalue weighted by atomic mass is 16.1. The average molecular weight is 279 g/mol. The van der Waals surface area contributed by atoms with E-state index in [2.05, 4.69) is 15.3 Å². The molecule has 2 N–H and O–H groups in total. The summed E-state index contributed by atoms with van der Waals surface area (Å²) in [6.45, 7) is 1.45. The predicted molar refractivity (Wildman–Crippen MR) is 82.1 cm³/mol. The van der Waals surface area contributed by atoms with Crippen molar-refractivity contribution in [3.8, 4) is 11.3 Å². The molecule has 2 aromatic carbocycles. The molecule has 1 aromatic heterocycles. The van der Waals surface area contributed by atoms with Crippen molar-refractivity contribution in [2.75, 3.05) is 5.32 Å². The lowest BCUT2D eigenvalue weighted by Gasteiger charge is -2.08. The Morgan fingerprint density at radius 1 is 1.14 bits per heavy atom. The van der Waals surface area contributed by atoms with E-state index in [1.165, 1.54) is 6.92 Å². The number of hydrogen-bond donors (Lipinski definition) is 2. The van der Waals surface area contributed by atoms with Crippen LogP contribution in [0.25, 0.3) is 22.2 Å². The molecule has 0 saturated carbocycles. The summed E-state index contributed by atoms with van der Waals surface area (Å²) in [4.78, 5) is 29.6. The molecule has 0 aliphatic carbocycles. The number of benzene rings is 2. The second-order valence-corrected chi connectivity index (χ2v) is 4.70. The Morgan fingerprint density at radius 3 is 2.62 bits per heavy atom. The maximum Gasteiger partial charge on any atom is 0.345 e. The Labute approximate surface area is 120 Å². The van der Waals surface area contributed by atoms with E-state index in [1.807, 2.05) is 36.4 Å². The van der Waals surface area contributed by atoms with Crippen LogP contribution in [0.3, 0.4) is 0 Å². The number of rotatable bonds is 2. The lowest BCUT2D eigenvalue weighted by atomic mass is 10.1. The molecule has 0 spiro atoms. The van der Waals surface area contributed by atoms with E-state index in [1.54, 1.807) is 12.1 Å². The van der Waals surface area contributed by atoms with Gasteiger partial charge in [-0.15, -0.1) is 0 Å². The third-order valence-electron chi connectivity index (χ3n) is 3.10. The van der Waals surface area contributed by atoms with Gasteiger partial charge in [0.05, 0.1) is 11.2 Å². The minimum Gasteiger partial charge on any atom is -0.326 e. The van der Waals surface area contributed by atoms with Gasteiger partial charge in [-0.3, -0.25) is 4.79 Å². The molecule has 3 aromatic rings. The van der Waals surface area contributed by atoms with Crippen LogP contribution in [0.5, 0.6) is 0 Å². The molecule has 0 radical (unpaired) electrons. The van der Waals surface area contributed by atoms with Crippen molar-refractivity contribution < 1.29 is 4.79 Å². The smallest absolute Gasteiger partial charge is 0.326 e. The molecule has 0 unspecified atom stereocenters. The lowest BCUT2D eigenvalue weighted by Crippen LogP contribution is -2.12. The summed E-state index contributed by atoms with van der Waals surface area (Å²) >= 11 is 0. The lowest BCUT2D eigenvalue weighted by molar-refractivity contribution is -0.114. The van der Waals surface area contributed by atoms with E-state index < -0.39 is 5.69 Å². The summed E-state index contributed by atoms with van der Waals surface area (Å²) in [6.07, 6.45) is 0. The van der Waals surface area contributed by atoms with Gasteiger partial charge in [0.25, 0.3) is 0 Å². The monoisotopic (exact) mass is 279 g/mol. The van der Waals surface area contributed by atoms with Gasteiger partial charge in [0.1, 0.15) is 0 Å². The maximum absolute atomic E-state index is 11.7. The molecule has 104 valence electrons. The van der Waals surface area contributed by atoms with Gasteiger partial charge in [0, 0.05) is 23.6 Å². The predicted octanol–water partition coefficient (Wildman–Crippen LogP) is 2.55. The van der Waals surface area contributed by atoms with Crippen molar-refractivity contribution in [1.82, 2.24) is 9.97 Å². The SMILES string of the molecule is CC(=O)Nc1ccc2[nH]c(=O)nc(-c3ccccc3)c2c1. The average Bonchev–Trinajstić information content (AvgIpc) is 2.47. The first-order valence-electron chi connectivity index (χ1n) is 6.50. The number of aromatic nitrogens is 2. The van der Waals surface area contributed by atoms with Crippen LogP contribution < -0.4 is 11.0 Å². The highest BCUT2D eigenvalue weighted by Gasteiger charge is 2.08. The Balaban J connectivity index is 2.26. The van der Waals surface area contributed by atoms with Crippen LogP contribution in [0.1, 0.15) is 6.92 Å². The van der Waals surface area contributed by atoms with Crippen molar-refractivity contribution in [3.05, 3.63) is 59.0 Å². The number of nitrogens with one attached hydrogen (secondary N) is 2. The molecule has 0 bridgehead atoms. The van der Waals surface area contributed by atoms with Gasteiger partial charge < -0.3 is 10.3 Å². The standard InChI is InChI=1S/C16H13N3O2/c1-10(20)17-12-7-8-14-13(9-12)15(19-16(21)18-14)11-5-3-2-4-6-11/h2-9H,1H3,(H,17,20)(H,18,19,21). The zero-order valence-corrected chi connectivity index (χ0v) is 11.4. The molecule has 21 heavy (non-hydrogen) atoms. The quantitative estimate of drug-likeness (QED) is 0.757. The summed E-state index contributed by atoms with van der Waals surface area (Å²) in [6, 6.07) is 14.8. The molecule has 0 saturated heterocycles. The van der Waals surface area contributed by atoms with Crippen LogP contribution in [-0.4, -0.2) is 15.9 Å². The van der Waals surface area contributed by atoms with E-state index >= 15 is 0 Å². The van der Waals surface area contributed by atoms with Crippen LogP contribution in [-0.2, 0) is 4.79 Å². The molecule has 5 heteroatoms. The third-order valence-corrected chi connectivity index (χ3v) is 3.10. The van der Waals surface area contributed by atoms with E-state index in [0.29, 0.717) is 16.9 Å². The summed E-state index contributed by atoms with van der Waals surface area (Å²) in [5.41, 5.74) is 2.41. The van der Waals surface area contributed by atoms with Crippen LogP contribution in [0.4, 0.5) is 5.69 Å². The number of nitrogens with zero attached hydrogens (tertiary/aromatic N) is 1. The minimum atomic E-state index is -0.395. The fourth-order valence-corrected chi connectivity index (χ4v) is 2.25. The molecule has 1 amide bonds. The molecular formula is C16H13N3O2. The Bertz CT molecular complexity index is 870. The molecule has 3 rings (SSSR count). The molecule has 0 aliphatic heterocycles. The van der Waals surface area contributed by atoms with Gasteiger partial charge in [-0.2, -0.15) is 4.98 Å². The first kappa shape index (κ1) is 13.1. The van der Waals surface area contributed by atoms with E-state index in [9.17, 15) is 9.59 Å². The summed E-state index contributed by atoms with van der Waals surface area (Å²) in [5.74, 6) is -0.145. The number of carbonyl (C=O) groups excluding carboxylic acids is 1. The summed E-state index contributed by atoms with van der Waals surface area (Å²) in [5, 5.41) is 3.52. The van der Waals surface area contributed by atoms with Crippen LogP contribution >= 0.6 is 0 Å². The first-order chi connectivity index (χ1) is 10.1. The maximum atomic E-state index is 11.7. The normalized spacial score (nSPS) is 10.5. The molecule has 0 aliphatic rings. The van der Waals surface area contributed by atoms with Gasteiger partial charge in [-0.05, 0) is 18.2 Å². The third kappa shape index (κ3) is 2.67. The van der Waals surface area contributed by atoms with E-state index in [-0.39, 0.29) is 5.91 Å². The van der Waals surface area contributed by atoms with E-state index in [4.69, 9.17) is 0 Å². The van der Waals surface area contributed by atoms with Crippen molar-refractivity contribution >= 4 is 22.5 Å². The van der Waals surface area contributed by atoms with Crippen molar-refractivity contribution in [3.63, 3.8) is 0 Å². The van der Waals surface area contributed by atoms with Crippen LogP contribution in [0.15, 0.2) is 53.3 Å². The molecule has 1 heterocycles. The number of anilines is 1. The highest BCUT2D eigenvalue weighted by Crippen LogP contribution is 2.26. The Morgan fingerprint density at radius 2 is 1.90 bits per heavy atom. The second kappa shape index (κ2) is 5.20. The fourth-order valence-electron chi connectivity index (χ4n) is 2.25. The van der Waals surface area contributed by atoms with Crippen molar-refractivity contribution in [2.45, 2.75) is 6.92 Å². The molecule has 0 fully saturated rings. The van der Waals surface area contributed by atoms with Crippen LogP contribution in [0, 0.1) is 0 Å².